The Morgan fingerprint density at radius 2 is 1.70 bits per heavy atom. The van der Waals surface area contributed by atoms with E-state index in [0.29, 0.717) is 30.4 Å². The number of aliphatic imine (C=N–C) groups is 1. The second-order valence-electron chi connectivity index (χ2n) is 5.54. The summed E-state index contributed by atoms with van der Waals surface area (Å²) < 4.78 is 50.4. The molecule has 0 radical (unpaired) electrons. The van der Waals surface area contributed by atoms with Crippen LogP contribution in [0.5, 0.6) is 11.5 Å². The predicted octanol–water partition coefficient (Wildman–Crippen LogP) is 3.87. The second kappa shape index (κ2) is 9.70. The zero-order valence-electron chi connectivity index (χ0n) is 15.2. The number of hydrogen-bond donors (Lipinski definition) is 2. The van der Waals surface area contributed by atoms with Gasteiger partial charge in [-0.1, -0.05) is 0 Å². The molecule has 3 N–H and O–H groups in total. The SMILES string of the molecule is CCOc1ccc(OCC)c(NC(N)=NCCc2cc(F)c(F)c(F)c2)c1. The van der Waals surface area contributed by atoms with Gasteiger partial charge in [0.2, 0.25) is 0 Å². The van der Waals surface area contributed by atoms with E-state index in [1.54, 1.807) is 18.2 Å². The highest BCUT2D eigenvalue weighted by molar-refractivity contribution is 5.94. The number of ether oxygens (including phenoxy) is 2. The molecule has 2 aromatic rings. The summed E-state index contributed by atoms with van der Waals surface area (Å²) in [6.07, 6.45) is 0.202. The summed E-state index contributed by atoms with van der Waals surface area (Å²) in [6, 6.07) is 7.16. The van der Waals surface area contributed by atoms with Crippen LogP contribution in [0.4, 0.5) is 18.9 Å². The van der Waals surface area contributed by atoms with Crippen molar-refractivity contribution in [2.45, 2.75) is 20.3 Å². The molecule has 2 rings (SSSR count). The molecule has 27 heavy (non-hydrogen) atoms. The smallest absolute Gasteiger partial charge is 0.194 e. The summed E-state index contributed by atoms with van der Waals surface area (Å²) in [4.78, 5) is 4.12. The first-order valence-corrected chi connectivity index (χ1v) is 8.54. The lowest BCUT2D eigenvalue weighted by atomic mass is 10.1. The molecule has 0 aliphatic rings. The van der Waals surface area contributed by atoms with E-state index in [0.717, 1.165) is 12.1 Å². The van der Waals surface area contributed by atoms with Gasteiger partial charge in [0.05, 0.1) is 18.9 Å². The summed E-state index contributed by atoms with van der Waals surface area (Å²) in [5, 5.41) is 2.93. The van der Waals surface area contributed by atoms with E-state index in [2.05, 4.69) is 10.3 Å². The summed E-state index contributed by atoms with van der Waals surface area (Å²) >= 11 is 0. The van der Waals surface area contributed by atoms with E-state index in [1.165, 1.54) is 0 Å². The van der Waals surface area contributed by atoms with E-state index in [4.69, 9.17) is 15.2 Å². The zero-order chi connectivity index (χ0) is 19.8. The number of anilines is 1. The van der Waals surface area contributed by atoms with E-state index >= 15 is 0 Å². The molecule has 0 aliphatic carbocycles. The average Bonchev–Trinajstić information content (AvgIpc) is 2.62. The van der Waals surface area contributed by atoms with Crippen LogP contribution in [-0.2, 0) is 6.42 Å². The van der Waals surface area contributed by atoms with E-state index in [9.17, 15) is 13.2 Å². The Bertz CT molecular complexity index is 790. The van der Waals surface area contributed by atoms with Gasteiger partial charge >= 0.3 is 0 Å². The van der Waals surface area contributed by atoms with Crippen molar-refractivity contribution in [3.63, 3.8) is 0 Å². The minimum Gasteiger partial charge on any atom is -0.494 e. The molecule has 5 nitrogen and oxygen atoms in total. The molecule has 0 saturated carbocycles. The molecule has 0 aliphatic heterocycles. The Morgan fingerprint density at radius 3 is 2.33 bits per heavy atom. The first kappa shape index (κ1) is 20.4. The van der Waals surface area contributed by atoms with Crippen molar-refractivity contribution in [3.8, 4) is 11.5 Å². The molecule has 0 saturated heterocycles. The molecule has 0 aromatic heterocycles. The van der Waals surface area contributed by atoms with E-state index in [1.807, 2.05) is 13.8 Å². The lowest BCUT2D eigenvalue weighted by molar-refractivity contribution is 0.332. The molecule has 0 amide bonds. The summed E-state index contributed by atoms with van der Waals surface area (Å²) in [5.41, 5.74) is 6.75. The minimum atomic E-state index is -1.49. The maximum Gasteiger partial charge on any atom is 0.194 e. The molecule has 8 heteroatoms. The maximum atomic E-state index is 13.2. The monoisotopic (exact) mass is 381 g/mol. The van der Waals surface area contributed by atoms with Gasteiger partial charge in [0.25, 0.3) is 0 Å². The van der Waals surface area contributed by atoms with Gasteiger partial charge in [0.1, 0.15) is 11.5 Å². The lowest BCUT2D eigenvalue weighted by Crippen LogP contribution is -2.23. The minimum absolute atomic E-state index is 0.104. The number of nitrogens with one attached hydrogen (secondary N) is 1. The van der Waals surface area contributed by atoms with Crippen LogP contribution in [0.25, 0.3) is 0 Å². The molecule has 0 atom stereocenters. The molecule has 146 valence electrons. The average molecular weight is 381 g/mol. The summed E-state index contributed by atoms with van der Waals surface area (Å²) in [6.45, 7) is 4.89. The highest BCUT2D eigenvalue weighted by Gasteiger charge is 2.10. The number of halogens is 3. The topological polar surface area (TPSA) is 68.9 Å². The first-order chi connectivity index (χ1) is 12.9. The molecule has 0 spiro atoms. The molecular formula is C19H22F3N3O2. The number of hydrogen-bond acceptors (Lipinski definition) is 3. The van der Waals surface area contributed by atoms with Crippen LogP contribution in [0.1, 0.15) is 19.4 Å². The van der Waals surface area contributed by atoms with Crippen LogP contribution < -0.4 is 20.5 Å². The molecule has 0 fully saturated rings. The van der Waals surface area contributed by atoms with Crippen LogP contribution in [0.2, 0.25) is 0 Å². The van der Waals surface area contributed by atoms with Crippen LogP contribution in [0.3, 0.4) is 0 Å². The number of benzene rings is 2. The third kappa shape index (κ3) is 5.80. The highest BCUT2D eigenvalue weighted by atomic mass is 19.2. The lowest BCUT2D eigenvalue weighted by Gasteiger charge is -2.14. The first-order valence-electron chi connectivity index (χ1n) is 8.54. The van der Waals surface area contributed by atoms with Crippen LogP contribution in [-0.4, -0.2) is 25.7 Å². The van der Waals surface area contributed by atoms with Gasteiger partial charge in [0, 0.05) is 12.6 Å². The fourth-order valence-electron chi connectivity index (χ4n) is 2.38. The summed E-state index contributed by atoms with van der Waals surface area (Å²) in [7, 11) is 0. The van der Waals surface area contributed by atoms with E-state index < -0.39 is 17.5 Å². The third-order valence-corrected chi connectivity index (χ3v) is 3.55. The van der Waals surface area contributed by atoms with Gasteiger partial charge in [-0.15, -0.1) is 0 Å². The Balaban J connectivity index is 2.05. The molecule has 2 aromatic carbocycles. The molecule has 0 heterocycles. The van der Waals surface area contributed by atoms with Crippen LogP contribution >= 0.6 is 0 Å². The molecular weight excluding hydrogens is 359 g/mol. The Morgan fingerprint density at radius 1 is 1.04 bits per heavy atom. The maximum absolute atomic E-state index is 13.2. The van der Waals surface area contributed by atoms with Crippen molar-refractivity contribution in [2.24, 2.45) is 10.7 Å². The quantitative estimate of drug-likeness (QED) is 0.414. The van der Waals surface area contributed by atoms with Gasteiger partial charge in [-0.3, -0.25) is 4.99 Å². The van der Waals surface area contributed by atoms with Crippen molar-refractivity contribution in [3.05, 3.63) is 53.3 Å². The standard InChI is InChI=1S/C19H22F3N3O2/c1-3-26-13-5-6-17(27-4-2)16(11-13)25-19(23)24-8-7-12-9-14(20)18(22)15(21)10-12/h5-6,9-11H,3-4,7-8H2,1-2H3,(H3,23,24,25). The predicted molar refractivity (Wildman–Crippen MR) is 98.9 cm³/mol. The fourth-order valence-corrected chi connectivity index (χ4v) is 2.38. The number of nitrogens with two attached hydrogens (primary N) is 1. The Hall–Kier alpha value is -2.90. The fraction of sp³-hybridized carbons (Fsp3) is 0.316. The second-order valence-corrected chi connectivity index (χ2v) is 5.54. The van der Waals surface area contributed by atoms with Crippen molar-refractivity contribution in [1.82, 2.24) is 0 Å². The van der Waals surface area contributed by atoms with Gasteiger partial charge in [-0.25, -0.2) is 13.2 Å². The van der Waals surface area contributed by atoms with Crippen LogP contribution in [0.15, 0.2) is 35.3 Å². The normalized spacial score (nSPS) is 11.4. The zero-order valence-corrected chi connectivity index (χ0v) is 15.2. The largest absolute Gasteiger partial charge is 0.494 e. The summed E-state index contributed by atoms with van der Waals surface area (Å²) in [5.74, 6) is -2.60. The van der Waals surface area contributed by atoms with Crippen molar-refractivity contribution in [2.75, 3.05) is 25.1 Å². The van der Waals surface area contributed by atoms with Gasteiger partial charge in [-0.05, 0) is 50.1 Å². The van der Waals surface area contributed by atoms with Crippen LogP contribution in [0, 0.1) is 17.5 Å². The molecule has 0 unspecified atom stereocenters. The number of nitrogens with zero attached hydrogens (tertiary/aromatic N) is 1. The third-order valence-electron chi connectivity index (χ3n) is 3.55. The number of rotatable bonds is 8. The Labute approximate surface area is 156 Å². The van der Waals surface area contributed by atoms with Crippen molar-refractivity contribution in [1.29, 1.82) is 0 Å². The van der Waals surface area contributed by atoms with Crippen molar-refractivity contribution < 1.29 is 22.6 Å². The van der Waals surface area contributed by atoms with Crippen molar-refractivity contribution >= 4 is 11.6 Å². The number of guanidine groups is 1. The van der Waals surface area contributed by atoms with E-state index in [-0.39, 0.29) is 24.5 Å². The van der Waals surface area contributed by atoms with Gasteiger partial charge in [-0.2, -0.15) is 0 Å². The van der Waals surface area contributed by atoms with Gasteiger partial charge in [0.15, 0.2) is 23.4 Å². The Kier molecular flexibility index (Phi) is 7.34. The molecule has 0 bridgehead atoms. The van der Waals surface area contributed by atoms with Gasteiger partial charge < -0.3 is 20.5 Å². The highest BCUT2D eigenvalue weighted by Crippen LogP contribution is 2.29.